The maximum atomic E-state index is 11.9. The van der Waals surface area contributed by atoms with E-state index < -0.39 is 21.4 Å². The van der Waals surface area contributed by atoms with E-state index in [1.807, 2.05) is 0 Å². The lowest BCUT2D eigenvalue weighted by Crippen LogP contribution is -2.29. The summed E-state index contributed by atoms with van der Waals surface area (Å²) in [6.07, 6.45) is 5.66. The van der Waals surface area contributed by atoms with Gasteiger partial charge in [0.05, 0.1) is 11.4 Å². The third-order valence-electron chi connectivity index (χ3n) is 4.63. The van der Waals surface area contributed by atoms with Crippen molar-refractivity contribution >= 4 is 15.7 Å². The fourth-order valence-corrected chi connectivity index (χ4v) is 3.42. The molecule has 1 unspecified atom stereocenters. The summed E-state index contributed by atoms with van der Waals surface area (Å²) in [6, 6.07) is 6.99. The summed E-state index contributed by atoms with van der Waals surface area (Å²) in [5, 5.41) is 10.0. The number of unbranched alkanes of at least 4 members (excludes halogenated alkanes) is 4. The molecule has 0 aliphatic carbocycles. The normalized spacial score (nSPS) is 13.3. The van der Waals surface area contributed by atoms with Gasteiger partial charge >= 0.3 is 0 Å². The Morgan fingerprint density at radius 3 is 2.19 bits per heavy atom. The topological polar surface area (TPSA) is 69.6 Å². The van der Waals surface area contributed by atoms with Crippen LogP contribution in [0.2, 0.25) is 0 Å². The zero-order valence-corrected chi connectivity index (χ0v) is 17.6. The molecule has 0 saturated heterocycles. The van der Waals surface area contributed by atoms with Crippen molar-refractivity contribution in [2.45, 2.75) is 71.2 Å². The lowest BCUT2D eigenvalue weighted by Gasteiger charge is -2.24. The molecule has 5 nitrogen and oxygen atoms in total. The molecule has 0 fully saturated rings. The minimum atomic E-state index is -3.35. The van der Waals surface area contributed by atoms with Crippen LogP contribution in [0.5, 0.6) is 0 Å². The molecule has 2 N–H and O–H groups in total. The molecule has 6 heteroatoms. The van der Waals surface area contributed by atoms with Gasteiger partial charge in [0, 0.05) is 12.2 Å². The molecule has 1 aromatic rings. The molecule has 0 radical (unpaired) electrons. The molecule has 1 atom stereocenters. The minimum absolute atomic E-state index is 0.483. The van der Waals surface area contributed by atoms with Crippen molar-refractivity contribution in [1.82, 2.24) is 4.90 Å². The number of likely N-dealkylation sites (N-methyl/N-ethyl adjacent to an activating group) is 1. The number of hydrogen-bond donors (Lipinski definition) is 2. The average Bonchev–Trinajstić information content (AvgIpc) is 2.60. The molecular formula is C20H36N2O3S. The number of aliphatic hydroxyl groups is 1. The number of hydrogen-bond acceptors (Lipinski definition) is 4. The van der Waals surface area contributed by atoms with Crippen LogP contribution in [0.4, 0.5) is 5.69 Å². The second kappa shape index (κ2) is 11.6. The SMILES string of the molecule is CCCCCCCN(CC)CC(O)c1ccc(NS(=O)(=O)C(C)C)cc1. The van der Waals surface area contributed by atoms with Gasteiger partial charge < -0.3 is 10.0 Å². The first-order chi connectivity index (χ1) is 12.3. The van der Waals surface area contributed by atoms with E-state index in [1.165, 1.54) is 25.7 Å². The van der Waals surface area contributed by atoms with Crippen molar-refractivity contribution in [1.29, 1.82) is 0 Å². The fourth-order valence-electron chi connectivity index (χ4n) is 2.72. The van der Waals surface area contributed by atoms with Gasteiger partial charge in [-0.2, -0.15) is 0 Å². The standard InChI is InChI=1S/C20H36N2O3S/c1-5-7-8-9-10-15-22(6-2)16-20(23)18-11-13-19(14-12-18)21-26(24,25)17(3)4/h11-14,17,20-21,23H,5-10,15-16H2,1-4H3. The van der Waals surface area contributed by atoms with Gasteiger partial charge in [-0.1, -0.05) is 51.7 Å². The van der Waals surface area contributed by atoms with Gasteiger partial charge in [0.15, 0.2) is 0 Å². The van der Waals surface area contributed by atoms with Gasteiger partial charge in [-0.05, 0) is 51.1 Å². The van der Waals surface area contributed by atoms with Gasteiger partial charge in [-0.25, -0.2) is 8.42 Å². The van der Waals surface area contributed by atoms with E-state index in [2.05, 4.69) is 23.5 Å². The Morgan fingerprint density at radius 1 is 1.04 bits per heavy atom. The summed E-state index contributed by atoms with van der Waals surface area (Å²) in [5.41, 5.74) is 1.33. The first-order valence-corrected chi connectivity index (χ1v) is 11.4. The number of rotatable bonds is 13. The molecule has 0 aliphatic heterocycles. The van der Waals surface area contributed by atoms with E-state index in [1.54, 1.807) is 38.1 Å². The lowest BCUT2D eigenvalue weighted by atomic mass is 10.1. The van der Waals surface area contributed by atoms with Crippen LogP contribution in [0.25, 0.3) is 0 Å². The van der Waals surface area contributed by atoms with Crippen molar-refractivity contribution in [2.24, 2.45) is 0 Å². The predicted octanol–water partition coefficient (Wildman–Crippen LogP) is 4.16. The molecule has 150 valence electrons. The van der Waals surface area contributed by atoms with Crippen LogP contribution in [-0.2, 0) is 10.0 Å². The van der Waals surface area contributed by atoms with E-state index in [-0.39, 0.29) is 0 Å². The zero-order chi connectivity index (χ0) is 19.6. The summed E-state index contributed by atoms with van der Waals surface area (Å²) in [4.78, 5) is 2.27. The Balaban J connectivity index is 2.54. The van der Waals surface area contributed by atoms with Crippen LogP contribution in [-0.4, -0.2) is 43.3 Å². The predicted molar refractivity (Wildman–Crippen MR) is 110 cm³/mol. The van der Waals surface area contributed by atoms with Gasteiger partial charge in [-0.3, -0.25) is 4.72 Å². The summed E-state index contributed by atoms with van der Waals surface area (Å²) in [7, 11) is -3.35. The van der Waals surface area contributed by atoms with Crippen molar-refractivity contribution < 1.29 is 13.5 Å². The first kappa shape index (κ1) is 22.9. The Hall–Kier alpha value is -1.11. The maximum absolute atomic E-state index is 11.9. The third kappa shape index (κ3) is 8.06. The van der Waals surface area contributed by atoms with Crippen molar-refractivity contribution in [3.05, 3.63) is 29.8 Å². The quantitative estimate of drug-likeness (QED) is 0.501. The number of anilines is 1. The summed E-state index contributed by atoms with van der Waals surface area (Å²) >= 11 is 0. The summed E-state index contributed by atoms with van der Waals surface area (Å²) in [5.74, 6) is 0. The van der Waals surface area contributed by atoms with Crippen LogP contribution in [0, 0.1) is 0 Å². The number of aliphatic hydroxyl groups excluding tert-OH is 1. The number of sulfonamides is 1. The monoisotopic (exact) mass is 384 g/mol. The Labute approximate surface area is 159 Å². The molecule has 1 rings (SSSR count). The number of benzene rings is 1. The highest BCUT2D eigenvalue weighted by molar-refractivity contribution is 7.93. The Morgan fingerprint density at radius 2 is 1.65 bits per heavy atom. The van der Waals surface area contributed by atoms with Gasteiger partial charge in [0.1, 0.15) is 0 Å². The highest BCUT2D eigenvalue weighted by Gasteiger charge is 2.16. The van der Waals surface area contributed by atoms with Crippen LogP contribution < -0.4 is 4.72 Å². The van der Waals surface area contributed by atoms with E-state index in [0.717, 1.165) is 25.1 Å². The van der Waals surface area contributed by atoms with Crippen LogP contribution in [0.3, 0.4) is 0 Å². The molecule has 26 heavy (non-hydrogen) atoms. The molecule has 0 heterocycles. The van der Waals surface area contributed by atoms with E-state index >= 15 is 0 Å². The molecule has 0 amide bonds. The van der Waals surface area contributed by atoms with Gasteiger partial charge in [0.2, 0.25) is 10.0 Å². The molecule has 0 aromatic heterocycles. The van der Waals surface area contributed by atoms with E-state index in [0.29, 0.717) is 12.2 Å². The number of nitrogens with one attached hydrogen (secondary N) is 1. The van der Waals surface area contributed by atoms with Gasteiger partial charge in [0.25, 0.3) is 0 Å². The molecule has 0 spiro atoms. The molecule has 0 bridgehead atoms. The maximum Gasteiger partial charge on any atom is 0.235 e. The smallest absolute Gasteiger partial charge is 0.235 e. The lowest BCUT2D eigenvalue weighted by molar-refractivity contribution is 0.115. The van der Waals surface area contributed by atoms with Gasteiger partial charge in [-0.15, -0.1) is 0 Å². The van der Waals surface area contributed by atoms with Crippen molar-refractivity contribution in [2.75, 3.05) is 24.4 Å². The van der Waals surface area contributed by atoms with E-state index in [4.69, 9.17) is 0 Å². The minimum Gasteiger partial charge on any atom is -0.387 e. The van der Waals surface area contributed by atoms with Crippen LogP contribution in [0.1, 0.15) is 71.5 Å². The third-order valence-corrected chi connectivity index (χ3v) is 6.39. The number of nitrogens with zero attached hydrogens (tertiary/aromatic N) is 1. The highest BCUT2D eigenvalue weighted by atomic mass is 32.2. The molecule has 1 aromatic carbocycles. The average molecular weight is 385 g/mol. The van der Waals surface area contributed by atoms with Crippen LogP contribution in [0.15, 0.2) is 24.3 Å². The van der Waals surface area contributed by atoms with Crippen molar-refractivity contribution in [3.8, 4) is 0 Å². The van der Waals surface area contributed by atoms with Crippen molar-refractivity contribution in [3.63, 3.8) is 0 Å². The largest absolute Gasteiger partial charge is 0.387 e. The Kier molecular flexibility index (Phi) is 10.2. The summed E-state index contributed by atoms with van der Waals surface area (Å²) < 4.78 is 26.4. The second-order valence-corrected chi connectivity index (χ2v) is 9.38. The molecular weight excluding hydrogens is 348 g/mol. The fraction of sp³-hybridized carbons (Fsp3) is 0.700. The summed E-state index contributed by atoms with van der Waals surface area (Å²) in [6.45, 7) is 10.1. The molecule has 0 aliphatic rings. The van der Waals surface area contributed by atoms with E-state index in [9.17, 15) is 13.5 Å². The highest BCUT2D eigenvalue weighted by Crippen LogP contribution is 2.19. The molecule has 0 saturated carbocycles. The second-order valence-electron chi connectivity index (χ2n) is 7.14. The van der Waals surface area contributed by atoms with Crippen LogP contribution >= 0.6 is 0 Å². The Bertz CT molecular complexity index is 600. The zero-order valence-electron chi connectivity index (χ0n) is 16.7. The first-order valence-electron chi connectivity index (χ1n) is 9.82.